The Hall–Kier alpha value is -1.59. The molecule has 0 spiro atoms. The number of Topliss-reactive ketones (excluding diaryl/α,β-unsaturated/α-hetero) is 2. The second kappa shape index (κ2) is 5.49. The zero-order valence-corrected chi connectivity index (χ0v) is 14.2. The summed E-state index contributed by atoms with van der Waals surface area (Å²) in [5, 5.41) is 1.21. The third kappa shape index (κ3) is 2.42. The van der Waals surface area contributed by atoms with Crippen molar-refractivity contribution in [2.45, 2.75) is 32.1 Å². The van der Waals surface area contributed by atoms with Gasteiger partial charge < -0.3 is 0 Å². The highest BCUT2D eigenvalue weighted by atomic mass is 35.5. The Labute approximate surface area is 142 Å². The number of carbonyl (C=O) groups is 2. The largest absolute Gasteiger partial charge is 0.298 e. The fourth-order valence-electron chi connectivity index (χ4n) is 3.68. The van der Waals surface area contributed by atoms with E-state index in [0.717, 1.165) is 34.7 Å². The van der Waals surface area contributed by atoms with E-state index in [0.29, 0.717) is 10.8 Å². The van der Waals surface area contributed by atoms with E-state index < -0.39 is 5.92 Å². The van der Waals surface area contributed by atoms with Crippen LogP contribution in [0.3, 0.4) is 0 Å². The molecule has 2 heterocycles. The number of halogens is 1. The number of nitrogens with zero attached hydrogens (tertiary/aromatic N) is 2. The van der Waals surface area contributed by atoms with Gasteiger partial charge in [-0.1, -0.05) is 11.6 Å². The maximum Gasteiger partial charge on any atom is 0.152 e. The molecule has 118 valence electrons. The van der Waals surface area contributed by atoms with Crippen molar-refractivity contribution in [1.82, 2.24) is 9.97 Å². The molecule has 0 N–H and O–H groups in total. The minimum Gasteiger partial charge on any atom is -0.298 e. The molecule has 23 heavy (non-hydrogen) atoms. The SMILES string of the molecule is Cc1sc(-c2ccc(Cl)nc2)nc1C1C(=O)[C@@H]2CC[C@@H](C2)C1=O. The molecule has 2 saturated carbocycles. The van der Waals surface area contributed by atoms with Crippen LogP contribution in [-0.2, 0) is 9.59 Å². The zero-order chi connectivity index (χ0) is 16.1. The lowest BCUT2D eigenvalue weighted by atomic mass is 9.77. The van der Waals surface area contributed by atoms with Crippen LogP contribution in [0.15, 0.2) is 18.3 Å². The lowest BCUT2D eigenvalue weighted by molar-refractivity contribution is -0.136. The van der Waals surface area contributed by atoms with E-state index in [2.05, 4.69) is 9.97 Å². The first-order chi connectivity index (χ1) is 11.0. The highest BCUT2D eigenvalue weighted by molar-refractivity contribution is 7.15. The highest BCUT2D eigenvalue weighted by Crippen LogP contribution is 2.45. The van der Waals surface area contributed by atoms with Crippen molar-refractivity contribution < 1.29 is 9.59 Å². The fraction of sp³-hybridized carbons (Fsp3) is 0.412. The van der Waals surface area contributed by atoms with E-state index in [4.69, 9.17) is 11.6 Å². The lowest BCUT2D eigenvalue weighted by Crippen LogP contribution is -2.35. The Kier molecular flexibility index (Phi) is 3.58. The van der Waals surface area contributed by atoms with Crippen LogP contribution < -0.4 is 0 Å². The van der Waals surface area contributed by atoms with Crippen LogP contribution in [0, 0.1) is 18.8 Å². The maximum atomic E-state index is 12.7. The molecule has 1 unspecified atom stereocenters. The van der Waals surface area contributed by atoms with E-state index in [1.165, 1.54) is 11.3 Å². The molecule has 0 aromatic carbocycles. The first-order valence-corrected chi connectivity index (χ1v) is 8.90. The number of fused-ring (bicyclic) bond motifs is 2. The van der Waals surface area contributed by atoms with Crippen molar-refractivity contribution in [2.75, 3.05) is 0 Å². The van der Waals surface area contributed by atoms with Gasteiger partial charge in [-0.05, 0) is 38.3 Å². The first kappa shape index (κ1) is 15.0. The van der Waals surface area contributed by atoms with Crippen LogP contribution in [0.5, 0.6) is 0 Å². The summed E-state index contributed by atoms with van der Waals surface area (Å²) in [7, 11) is 0. The number of aromatic nitrogens is 2. The summed E-state index contributed by atoms with van der Waals surface area (Å²) < 4.78 is 0. The number of aryl methyl sites for hydroxylation is 1. The van der Waals surface area contributed by atoms with Crippen molar-refractivity contribution in [3.8, 4) is 10.6 Å². The van der Waals surface area contributed by atoms with Gasteiger partial charge in [0.1, 0.15) is 16.1 Å². The number of rotatable bonds is 2. The lowest BCUT2D eigenvalue weighted by Gasteiger charge is -2.24. The molecule has 0 saturated heterocycles. The van der Waals surface area contributed by atoms with Crippen molar-refractivity contribution >= 4 is 34.5 Å². The van der Waals surface area contributed by atoms with Gasteiger partial charge in [0.05, 0.1) is 5.69 Å². The van der Waals surface area contributed by atoms with Gasteiger partial charge in [-0.2, -0.15) is 0 Å². The van der Waals surface area contributed by atoms with Crippen LogP contribution in [0.1, 0.15) is 35.8 Å². The number of ketones is 2. The minimum atomic E-state index is -0.661. The van der Waals surface area contributed by atoms with Crippen LogP contribution in [0.25, 0.3) is 10.6 Å². The topological polar surface area (TPSA) is 59.9 Å². The molecular formula is C17H15ClN2O2S. The number of hydrogen-bond acceptors (Lipinski definition) is 5. The number of carbonyl (C=O) groups excluding carboxylic acids is 2. The summed E-state index contributed by atoms with van der Waals surface area (Å²) in [4.78, 5) is 34.9. The van der Waals surface area contributed by atoms with Crippen LogP contribution in [0.4, 0.5) is 0 Å². The van der Waals surface area contributed by atoms with Gasteiger partial charge in [0.25, 0.3) is 0 Å². The molecule has 2 aromatic heterocycles. The normalized spacial score (nSPS) is 26.8. The van der Waals surface area contributed by atoms with Gasteiger partial charge in [0.2, 0.25) is 0 Å². The Balaban J connectivity index is 1.73. The molecule has 0 amide bonds. The average molecular weight is 347 g/mol. The predicted molar refractivity (Wildman–Crippen MR) is 88.7 cm³/mol. The van der Waals surface area contributed by atoms with Gasteiger partial charge in [0.15, 0.2) is 11.6 Å². The minimum absolute atomic E-state index is 0.0458. The van der Waals surface area contributed by atoms with Gasteiger partial charge in [-0.25, -0.2) is 9.97 Å². The quantitative estimate of drug-likeness (QED) is 0.612. The molecular weight excluding hydrogens is 332 g/mol. The summed E-state index contributed by atoms with van der Waals surface area (Å²) >= 11 is 7.31. The smallest absolute Gasteiger partial charge is 0.152 e. The Bertz CT molecular complexity index is 777. The van der Waals surface area contributed by atoms with E-state index in [1.54, 1.807) is 12.3 Å². The van der Waals surface area contributed by atoms with Gasteiger partial charge in [-0.15, -0.1) is 11.3 Å². The Morgan fingerprint density at radius 3 is 2.48 bits per heavy atom. The monoisotopic (exact) mass is 346 g/mol. The van der Waals surface area contributed by atoms with Crippen molar-refractivity contribution in [3.05, 3.63) is 34.1 Å². The first-order valence-electron chi connectivity index (χ1n) is 7.71. The molecule has 2 aliphatic rings. The summed E-state index contributed by atoms with van der Waals surface area (Å²) in [6.45, 7) is 1.93. The Morgan fingerprint density at radius 1 is 1.17 bits per heavy atom. The van der Waals surface area contributed by atoms with Crippen molar-refractivity contribution in [1.29, 1.82) is 0 Å². The standard InChI is InChI=1S/C17H15ClN2O2S/c1-8-14(13-15(21)9-2-3-10(6-9)16(13)22)20-17(23-8)11-4-5-12(18)19-7-11/h4-5,7,9-10,13H,2-3,6H2,1H3/t9-,10+,13?. The molecule has 2 aromatic rings. The predicted octanol–water partition coefficient (Wildman–Crippen LogP) is 3.82. The van der Waals surface area contributed by atoms with Crippen LogP contribution in [0.2, 0.25) is 5.15 Å². The summed E-state index contributed by atoms with van der Waals surface area (Å²) in [5.41, 5.74) is 1.50. The average Bonchev–Trinajstić information content (AvgIpc) is 3.13. The van der Waals surface area contributed by atoms with Gasteiger partial charge in [-0.3, -0.25) is 9.59 Å². The zero-order valence-electron chi connectivity index (χ0n) is 12.6. The number of hydrogen-bond donors (Lipinski definition) is 0. The second-order valence-corrected chi connectivity index (χ2v) is 7.87. The highest BCUT2D eigenvalue weighted by Gasteiger charge is 2.48. The van der Waals surface area contributed by atoms with Gasteiger partial charge >= 0.3 is 0 Å². The molecule has 4 rings (SSSR count). The Morgan fingerprint density at radius 2 is 1.87 bits per heavy atom. The number of thiazole rings is 1. The van der Waals surface area contributed by atoms with E-state index >= 15 is 0 Å². The molecule has 2 fully saturated rings. The van der Waals surface area contributed by atoms with Crippen molar-refractivity contribution in [2.24, 2.45) is 11.8 Å². The molecule has 6 heteroatoms. The molecule has 0 aliphatic heterocycles. The third-order valence-electron chi connectivity index (χ3n) is 4.89. The molecule has 2 bridgehead atoms. The van der Waals surface area contributed by atoms with E-state index in [1.807, 2.05) is 13.0 Å². The summed E-state index contributed by atoms with van der Waals surface area (Å²) in [5.74, 6) is -0.434. The molecule has 2 aliphatic carbocycles. The fourth-order valence-corrected chi connectivity index (χ4v) is 4.73. The van der Waals surface area contributed by atoms with Crippen molar-refractivity contribution in [3.63, 3.8) is 0 Å². The summed E-state index contributed by atoms with van der Waals surface area (Å²) in [6, 6.07) is 3.57. The van der Waals surface area contributed by atoms with E-state index in [-0.39, 0.29) is 23.4 Å². The number of pyridine rings is 1. The molecule has 3 atom stereocenters. The second-order valence-electron chi connectivity index (χ2n) is 6.27. The van der Waals surface area contributed by atoms with Crippen LogP contribution >= 0.6 is 22.9 Å². The van der Waals surface area contributed by atoms with Gasteiger partial charge in [0, 0.05) is 28.5 Å². The molecule has 0 radical (unpaired) electrons. The molecule has 4 nitrogen and oxygen atoms in total. The summed E-state index contributed by atoms with van der Waals surface area (Å²) in [6.07, 6.45) is 4.11. The van der Waals surface area contributed by atoms with E-state index in [9.17, 15) is 9.59 Å². The third-order valence-corrected chi connectivity index (χ3v) is 6.15. The maximum absolute atomic E-state index is 12.7. The van der Waals surface area contributed by atoms with Crippen LogP contribution in [-0.4, -0.2) is 21.5 Å².